The first-order chi connectivity index (χ1) is 9.59. The van der Waals surface area contributed by atoms with E-state index < -0.39 is 15.8 Å². The molecule has 2 aromatic rings. The molecule has 0 bridgehead atoms. The Kier molecular flexibility index (Phi) is 3.31. The van der Waals surface area contributed by atoms with Crippen molar-refractivity contribution in [3.63, 3.8) is 0 Å². The number of hydrogen-bond acceptors (Lipinski definition) is 3. The first-order valence-corrected chi connectivity index (χ1v) is 7.80. The molecule has 0 aliphatic carbocycles. The van der Waals surface area contributed by atoms with Gasteiger partial charge in [-0.15, -0.1) is 0 Å². The Bertz CT molecular complexity index is 683. The molecule has 0 spiro atoms. The van der Waals surface area contributed by atoms with Gasteiger partial charge >= 0.3 is 0 Å². The molecule has 0 saturated carbocycles. The molecule has 2 heterocycles. The van der Waals surface area contributed by atoms with Crippen LogP contribution in [0.5, 0.6) is 0 Å². The summed E-state index contributed by atoms with van der Waals surface area (Å²) in [6.07, 6.45) is 3.16. The number of aromatic amines is 1. The average molecular weight is 295 g/mol. The van der Waals surface area contributed by atoms with Crippen LogP contribution in [0.2, 0.25) is 0 Å². The summed E-state index contributed by atoms with van der Waals surface area (Å²) in [4.78, 5) is 0.116. The zero-order valence-electron chi connectivity index (χ0n) is 10.7. The largest absolute Gasteiger partial charge is 0.281 e. The second-order valence-corrected chi connectivity index (χ2v) is 6.63. The van der Waals surface area contributed by atoms with Crippen LogP contribution in [0.1, 0.15) is 24.6 Å². The Hall–Kier alpha value is -1.73. The number of rotatable bonds is 3. The van der Waals surface area contributed by atoms with Crippen molar-refractivity contribution in [2.45, 2.75) is 23.8 Å². The lowest BCUT2D eigenvalue weighted by Crippen LogP contribution is -2.30. The van der Waals surface area contributed by atoms with Crippen LogP contribution in [0.15, 0.2) is 41.4 Å². The summed E-state index contributed by atoms with van der Waals surface area (Å²) in [5, 5.41) is 6.70. The fourth-order valence-corrected chi connectivity index (χ4v) is 4.21. The molecule has 1 aliphatic heterocycles. The highest BCUT2D eigenvalue weighted by Gasteiger charge is 2.36. The molecule has 1 atom stereocenters. The lowest BCUT2D eigenvalue weighted by Gasteiger charge is -2.23. The molecule has 0 radical (unpaired) electrons. The normalized spacial score (nSPS) is 20.4. The van der Waals surface area contributed by atoms with Crippen LogP contribution in [-0.2, 0) is 10.0 Å². The molecule has 20 heavy (non-hydrogen) atoms. The van der Waals surface area contributed by atoms with E-state index in [1.165, 1.54) is 16.4 Å². The third-order valence-electron chi connectivity index (χ3n) is 3.51. The molecule has 1 aromatic heterocycles. The second-order valence-electron chi connectivity index (χ2n) is 4.74. The molecule has 1 fully saturated rings. The number of hydrogen-bond donors (Lipinski definition) is 1. The first-order valence-electron chi connectivity index (χ1n) is 6.36. The Morgan fingerprint density at radius 2 is 2.00 bits per heavy atom. The minimum Gasteiger partial charge on any atom is -0.281 e. The molecule has 7 heteroatoms. The van der Waals surface area contributed by atoms with Crippen molar-refractivity contribution in [1.29, 1.82) is 0 Å². The fraction of sp³-hybridized carbons (Fsp3) is 0.308. The van der Waals surface area contributed by atoms with Gasteiger partial charge in [0.2, 0.25) is 10.0 Å². The number of nitrogens with zero attached hydrogens (tertiary/aromatic N) is 2. The van der Waals surface area contributed by atoms with Crippen LogP contribution in [0.25, 0.3) is 0 Å². The maximum atomic E-state index is 12.9. The van der Waals surface area contributed by atoms with E-state index in [1.54, 1.807) is 12.3 Å². The third-order valence-corrected chi connectivity index (χ3v) is 5.43. The Morgan fingerprint density at radius 1 is 1.25 bits per heavy atom. The molecule has 1 saturated heterocycles. The van der Waals surface area contributed by atoms with Crippen LogP contribution in [0, 0.1) is 5.82 Å². The van der Waals surface area contributed by atoms with E-state index in [9.17, 15) is 12.8 Å². The van der Waals surface area contributed by atoms with Gasteiger partial charge in [0, 0.05) is 12.7 Å². The van der Waals surface area contributed by atoms with Crippen LogP contribution >= 0.6 is 0 Å². The summed E-state index contributed by atoms with van der Waals surface area (Å²) in [5.41, 5.74) is 0.785. The molecular formula is C13H14FN3O2S. The molecule has 1 aromatic carbocycles. The van der Waals surface area contributed by atoms with Crippen molar-refractivity contribution in [3.8, 4) is 0 Å². The fourth-order valence-electron chi connectivity index (χ4n) is 2.53. The van der Waals surface area contributed by atoms with Gasteiger partial charge < -0.3 is 0 Å². The lowest BCUT2D eigenvalue weighted by atomic mass is 10.2. The van der Waals surface area contributed by atoms with E-state index >= 15 is 0 Å². The van der Waals surface area contributed by atoms with Gasteiger partial charge in [-0.3, -0.25) is 5.10 Å². The number of benzene rings is 1. The zero-order valence-corrected chi connectivity index (χ0v) is 11.5. The van der Waals surface area contributed by atoms with Crippen LogP contribution in [-0.4, -0.2) is 29.5 Å². The number of sulfonamides is 1. The van der Waals surface area contributed by atoms with Crippen molar-refractivity contribution in [2.24, 2.45) is 0 Å². The van der Waals surface area contributed by atoms with E-state index in [2.05, 4.69) is 10.2 Å². The predicted octanol–water partition coefficient (Wildman–Crippen LogP) is 2.07. The summed E-state index contributed by atoms with van der Waals surface area (Å²) in [6.45, 7) is 0.462. The Morgan fingerprint density at radius 3 is 2.65 bits per heavy atom. The summed E-state index contributed by atoms with van der Waals surface area (Å²) in [7, 11) is -3.61. The number of H-pyrrole nitrogens is 1. The first kappa shape index (κ1) is 13.3. The average Bonchev–Trinajstić information content (AvgIpc) is 3.10. The van der Waals surface area contributed by atoms with E-state index in [0.717, 1.165) is 30.7 Å². The number of aromatic nitrogens is 2. The van der Waals surface area contributed by atoms with E-state index in [1.807, 2.05) is 0 Å². The minimum atomic E-state index is -3.61. The number of halogens is 1. The van der Waals surface area contributed by atoms with Gasteiger partial charge in [-0.1, -0.05) is 0 Å². The topological polar surface area (TPSA) is 66.1 Å². The smallest absolute Gasteiger partial charge is 0.243 e. The standard InChI is InChI=1S/C13H14FN3O2S/c14-10-3-5-11(6-4-10)20(18,19)17-9-1-2-13(17)12-7-8-15-16-12/h3-8,13H,1-2,9H2,(H,15,16)/t13-/m1/s1. The van der Waals surface area contributed by atoms with Gasteiger partial charge in [-0.25, -0.2) is 12.8 Å². The zero-order chi connectivity index (χ0) is 14.2. The summed E-state index contributed by atoms with van der Waals surface area (Å²) >= 11 is 0. The molecule has 0 unspecified atom stereocenters. The summed E-state index contributed by atoms with van der Waals surface area (Å²) in [6, 6.07) is 6.47. The SMILES string of the molecule is O=S(=O)(c1ccc(F)cc1)N1CCC[C@@H]1c1ccn[nH]1. The maximum Gasteiger partial charge on any atom is 0.243 e. The second kappa shape index (κ2) is 4.99. The van der Waals surface area contributed by atoms with Crippen LogP contribution < -0.4 is 0 Å². The molecule has 1 aliphatic rings. The number of nitrogens with one attached hydrogen (secondary N) is 1. The van der Waals surface area contributed by atoms with Gasteiger partial charge in [-0.2, -0.15) is 9.40 Å². The molecule has 106 valence electrons. The maximum absolute atomic E-state index is 12.9. The van der Waals surface area contributed by atoms with Crippen molar-refractivity contribution in [3.05, 3.63) is 48.0 Å². The van der Waals surface area contributed by atoms with Gasteiger partial charge in [-0.05, 0) is 43.2 Å². The predicted molar refractivity (Wildman–Crippen MR) is 70.9 cm³/mol. The lowest BCUT2D eigenvalue weighted by molar-refractivity contribution is 0.390. The van der Waals surface area contributed by atoms with Crippen molar-refractivity contribution in [2.75, 3.05) is 6.54 Å². The molecule has 3 rings (SSSR count). The van der Waals surface area contributed by atoms with Crippen molar-refractivity contribution in [1.82, 2.24) is 14.5 Å². The van der Waals surface area contributed by atoms with Gasteiger partial charge in [0.1, 0.15) is 5.82 Å². The molecule has 0 amide bonds. The monoisotopic (exact) mass is 295 g/mol. The van der Waals surface area contributed by atoms with Crippen molar-refractivity contribution < 1.29 is 12.8 Å². The van der Waals surface area contributed by atoms with Gasteiger partial charge in [0.05, 0.1) is 16.6 Å². The minimum absolute atomic E-state index is 0.116. The van der Waals surface area contributed by atoms with Crippen LogP contribution in [0.3, 0.4) is 0 Å². The van der Waals surface area contributed by atoms with Crippen LogP contribution in [0.4, 0.5) is 4.39 Å². The highest BCUT2D eigenvalue weighted by molar-refractivity contribution is 7.89. The highest BCUT2D eigenvalue weighted by Crippen LogP contribution is 2.35. The van der Waals surface area contributed by atoms with Crippen molar-refractivity contribution >= 4 is 10.0 Å². The van der Waals surface area contributed by atoms with E-state index in [-0.39, 0.29) is 10.9 Å². The van der Waals surface area contributed by atoms with Gasteiger partial charge in [0.15, 0.2) is 0 Å². The molecule has 1 N–H and O–H groups in total. The molecule has 5 nitrogen and oxygen atoms in total. The Labute approximate surface area is 116 Å². The van der Waals surface area contributed by atoms with E-state index in [4.69, 9.17) is 0 Å². The third kappa shape index (κ3) is 2.23. The quantitative estimate of drug-likeness (QED) is 0.942. The summed E-state index contributed by atoms with van der Waals surface area (Å²) < 4.78 is 39.6. The Balaban J connectivity index is 1.96. The molecular weight excluding hydrogens is 281 g/mol. The summed E-state index contributed by atoms with van der Waals surface area (Å²) in [5.74, 6) is -0.449. The van der Waals surface area contributed by atoms with E-state index in [0.29, 0.717) is 6.54 Å². The van der Waals surface area contributed by atoms with Gasteiger partial charge in [0.25, 0.3) is 0 Å². The highest BCUT2D eigenvalue weighted by atomic mass is 32.2.